The van der Waals surface area contributed by atoms with Crippen molar-refractivity contribution >= 4 is 48.7 Å². The average molecular weight is 520 g/mol. The van der Waals surface area contributed by atoms with Crippen LogP contribution in [0.2, 0.25) is 0 Å². The summed E-state index contributed by atoms with van der Waals surface area (Å²) in [5, 5.41) is 3.19. The minimum Gasteiger partial charge on any atom is -0.326 e. The van der Waals surface area contributed by atoms with Crippen molar-refractivity contribution in [2.24, 2.45) is 0 Å². The molecule has 0 aliphatic heterocycles. The van der Waals surface area contributed by atoms with Gasteiger partial charge in [-0.25, -0.2) is 18.4 Å². The molecule has 158 valence electrons. The van der Waals surface area contributed by atoms with Gasteiger partial charge in [0, 0.05) is 16.6 Å². The van der Waals surface area contributed by atoms with E-state index in [0.717, 1.165) is 15.8 Å². The fraction of sp³-hybridized carbons (Fsp3) is 0.167. The fourth-order valence-corrected chi connectivity index (χ4v) is 4.40. The minimum atomic E-state index is -4.85. The summed E-state index contributed by atoms with van der Waals surface area (Å²) in [7, 11) is -4.34. The smallest absolute Gasteiger partial charge is 0.326 e. The summed E-state index contributed by atoms with van der Waals surface area (Å²) in [6, 6.07) is 10.4. The van der Waals surface area contributed by atoms with Crippen LogP contribution in [0.15, 0.2) is 57.5 Å². The molecule has 0 aliphatic rings. The highest BCUT2D eigenvalue weighted by Crippen LogP contribution is 2.32. The summed E-state index contributed by atoms with van der Waals surface area (Å²) in [6.45, 7) is 0. The number of hydrogen-bond donors (Lipinski definition) is 1. The predicted molar refractivity (Wildman–Crippen MR) is 110 cm³/mol. The third-order valence-corrected chi connectivity index (χ3v) is 6.68. The number of halogens is 4. The Morgan fingerprint density at radius 3 is 2.43 bits per heavy atom. The van der Waals surface area contributed by atoms with E-state index in [2.05, 4.69) is 31.2 Å². The third kappa shape index (κ3) is 5.64. The van der Waals surface area contributed by atoms with Crippen molar-refractivity contribution in [1.82, 2.24) is 9.97 Å². The van der Waals surface area contributed by atoms with Gasteiger partial charge in [-0.2, -0.15) is 13.2 Å². The van der Waals surface area contributed by atoms with Gasteiger partial charge in [-0.3, -0.25) is 4.79 Å². The van der Waals surface area contributed by atoms with Gasteiger partial charge in [0.2, 0.25) is 20.9 Å². The number of carbonyl (C=O) groups excluding carboxylic acids is 1. The molecule has 12 heteroatoms. The van der Waals surface area contributed by atoms with Crippen LogP contribution in [0.5, 0.6) is 0 Å². The van der Waals surface area contributed by atoms with E-state index in [0.29, 0.717) is 16.6 Å². The van der Waals surface area contributed by atoms with E-state index in [4.69, 9.17) is 0 Å². The minimum absolute atomic E-state index is 0.148. The van der Waals surface area contributed by atoms with E-state index in [1.54, 1.807) is 35.7 Å². The van der Waals surface area contributed by atoms with Crippen molar-refractivity contribution in [3.05, 3.63) is 58.0 Å². The summed E-state index contributed by atoms with van der Waals surface area (Å²) in [6.07, 6.45) is -5.31. The Labute approximate surface area is 182 Å². The molecule has 2 aromatic heterocycles. The highest BCUT2D eigenvalue weighted by atomic mass is 79.9. The summed E-state index contributed by atoms with van der Waals surface area (Å²) in [5.41, 5.74) is -1.06. The number of anilines is 1. The number of carbonyl (C=O) groups is 1. The number of amides is 1. The Bertz CT molecular complexity index is 1150. The van der Waals surface area contributed by atoms with Crippen LogP contribution in [-0.2, 0) is 20.8 Å². The summed E-state index contributed by atoms with van der Waals surface area (Å²) >= 11 is 4.36. The van der Waals surface area contributed by atoms with Crippen LogP contribution >= 0.6 is 27.3 Å². The van der Waals surface area contributed by atoms with Crippen LogP contribution in [0.25, 0.3) is 10.6 Å². The first-order valence-electron chi connectivity index (χ1n) is 8.33. The molecule has 0 radical (unpaired) electrons. The Balaban J connectivity index is 1.81. The lowest BCUT2D eigenvalue weighted by Gasteiger charge is -2.10. The molecule has 1 aromatic carbocycles. The molecule has 0 spiro atoms. The number of rotatable bonds is 6. The molecule has 1 N–H and O–H groups in total. The Kier molecular flexibility index (Phi) is 6.58. The summed E-state index contributed by atoms with van der Waals surface area (Å²) in [4.78, 5) is 19.4. The molecule has 0 fully saturated rings. The molecule has 3 aromatic rings. The molecule has 0 bridgehead atoms. The van der Waals surface area contributed by atoms with Crippen LogP contribution in [-0.4, -0.2) is 30.0 Å². The maximum Gasteiger partial charge on any atom is 0.433 e. The number of hydrogen-bond acceptors (Lipinski definition) is 6. The molecule has 0 saturated carbocycles. The number of nitrogens with one attached hydrogen (secondary N) is 1. The van der Waals surface area contributed by atoms with Crippen LogP contribution in [0, 0.1) is 0 Å². The summed E-state index contributed by atoms with van der Waals surface area (Å²) in [5.74, 6) is -1.34. The van der Waals surface area contributed by atoms with E-state index in [1.165, 1.54) is 6.07 Å². The first-order valence-corrected chi connectivity index (χ1v) is 11.7. The van der Waals surface area contributed by atoms with E-state index in [-0.39, 0.29) is 5.69 Å². The molecule has 3 rings (SSSR count). The molecule has 1 amide bonds. The van der Waals surface area contributed by atoms with E-state index >= 15 is 0 Å². The number of alkyl halides is 3. The van der Waals surface area contributed by atoms with Gasteiger partial charge in [0.05, 0.1) is 16.3 Å². The molecule has 0 unspecified atom stereocenters. The van der Waals surface area contributed by atoms with Gasteiger partial charge in [0.1, 0.15) is 5.69 Å². The lowest BCUT2D eigenvalue weighted by atomic mass is 10.3. The van der Waals surface area contributed by atoms with Gasteiger partial charge in [0.15, 0.2) is 0 Å². The Hall–Kier alpha value is -2.31. The average Bonchev–Trinajstić information content (AvgIpc) is 3.22. The molecule has 0 aliphatic carbocycles. The van der Waals surface area contributed by atoms with Gasteiger partial charge in [0.25, 0.3) is 0 Å². The molecule has 0 saturated heterocycles. The van der Waals surface area contributed by atoms with Gasteiger partial charge in [-0.05, 0) is 41.8 Å². The molecular formula is C18H13BrF3N3O3S2. The maximum atomic E-state index is 13.2. The normalized spacial score (nSPS) is 12.0. The maximum absolute atomic E-state index is 13.2. The largest absolute Gasteiger partial charge is 0.433 e. The highest BCUT2D eigenvalue weighted by Gasteiger charge is 2.35. The predicted octanol–water partition coefficient (Wildman–Crippen LogP) is 4.79. The van der Waals surface area contributed by atoms with Crippen molar-refractivity contribution in [2.75, 3.05) is 11.1 Å². The van der Waals surface area contributed by atoms with E-state index < -0.39 is 44.9 Å². The fourth-order valence-electron chi connectivity index (χ4n) is 2.34. The zero-order valence-corrected chi connectivity index (χ0v) is 18.2. The topological polar surface area (TPSA) is 89.0 Å². The van der Waals surface area contributed by atoms with Crippen LogP contribution in [0.3, 0.4) is 0 Å². The molecule has 6 nitrogen and oxygen atoms in total. The lowest BCUT2D eigenvalue weighted by molar-refractivity contribution is -0.141. The SMILES string of the molecule is O=C(CCS(=O)(=O)c1nc(-c2cccs2)cc(C(F)(F)F)n1)Nc1ccc(Br)cc1. The first-order chi connectivity index (χ1) is 14.0. The van der Waals surface area contributed by atoms with Crippen LogP contribution in [0.1, 0.15) is 12.1 Å². The van der Waals surface area contributed by atoms with E-state index in [9.17, 15) is 26.4 Å². The van der Waals surface area contributed by atoms with Crippen LogP contribution in [0.4, 0.5) is 18.9 Å². The number of aromatic nitrogens is 2. The van der Waals surface area contributed by atoms with Crippen molar-refractivity contribution < 1.29 is 26.4 Å². The second-order valence-electron chi connectivity index (χ2n) is 6.02. The number of nitrogens with zero attached hydrogens (tertiary/aromatic N) is 2. The number of thiophene rings is 1. The molecule has 30 heavy (non-hydrogen) atoms. The number of sulfone groups is 1. The van der Waals surface area contributed by atoms with Crippen LogP contribution < -0.4 is 5.32 Å². The van der Waals surface area contributed by atoms with Crippen molar-refractivity contribution in [3.63, 3.8) is 0 Å². The molecule has 0 atom stereocenters. The molecule has 2 heterocycles. The zero-order chi connectivity index (χ0) is 21.9. The van der Waals surface area contributed by atoms with Gasteiger partial charge in [-0.15, -0.1) is 11.3 Å². The zero-order valence-electron chi connectivity index (χ0n) is 15.0. The quantitative estimate of drug-likeness (QED) is 0.473. The summed E-state index contributed by atoms with van der Waals surface area (Å²) < 4.78 is 65.6. The molecular weight excluding hydrogens is 507 g/mol. The van der Waals surface area contributed by atoms with Gasteiger partial charge >= 0.3 is 6.18 Å². The van der Waals surface area contributed by atoms with Gasteiger partial charge < -0.3 is 5.32 Å². The Morgan fingerprint density at radius 2 is 1.83 bits per heavy atom. The van der Waals surface area contributed by atoms with Crippen molar-refractivity contribution in [1.29, 1.82) is 0 Å². The van der Waals surface area contributed by atoms with E-state index in [1.807, 2.05) is 0 Å². The van der Waals surface area contributed by atoms with Crippen molar-refractivity contribution in [2.45, 2.75) is 17.8 Å². The third-order valence-electron chi connectivity index (χ3n) is 3.77. The second-order valence-corrected chi connectivity index (χ2v) is 9.89. The highest BCUT2D eigenvalue weighted by molar-refractivity contribution is 9.10. The lowest BCUT2D eigenvalue weighted by Crippen LogP contribution is -2.20. The standard InChI is InChI=1S/C18H13BrF3N3O3S2/c19-11-3-5-12(6-4-11)23-16(26)7-9-30(27,28)17-24-13(14-2-1-8-29-14)10-15(25-17)18(20,21)22/h1-6,8,10H,7,9H2,(H,23,26). The van der Waals surface area contributed by atoms with Crippen molar-refractivity contribution in [3.8, 4) is 10.6 Å². The first kappa shape index (κ1) is 22.4. The Morgan fingerprint density at radius 1 is 1.13 bits per heavy atom. The van der Waals surface area contributed by atoms with Gasteiger partial charge in [-0.1, -0.05) is 22.0 Å². The number of benzene rings is 1. The second kappa shape index (κ2) is 8.82. The monoisotopic (exact) mass is 519 g/mol.